The van der Waals surface area contributed by atoms with Crippen LogP contribution < -0.4 is 5.56 Å². The number of hydrogen-bond acceptors (Lipinski definition) is 4. The Balaban J connectivity index is 2.54. The molecule has 0 atom stereocenters. The summed E-state index contributed by atoms with van der Waals surface area (Å²) in [6.45, 7) is 0. The maximum absolute atomic E-state index is 10.9. The fourth-order valence-corrected chi connectivity index (χ4v) is 0.922. The molecule has 1 N–H and O–H groups in total. The van der Waals surface area contributed by atoms with Crippen LogP contribution in [0.1, 0.15) is 0 Å². The first-order chi connectivity index (χ1) is 6.36. The Morgan fingerprint density at radius 1 is 1.15 bits per heavy atom. The second-order valence-electron chi connectivity index (χ2n) is 2.37. The predicted molar refractivity (Wildman–Crippen MR) is 45.9 cm³/mol. The quantitative estimate of drug-likeness (QED) is 0.671. The molecule has 0 saturated heterocycles. The smallest absolute Gasteiger partial charge is 0.251 e. The highest BCUT2D eigenvalue weighted by Gasteiger charge is 2.00. The van der Waals surface area contributed by atoms with E-state index in [0.29, 0.717) is 11.5 Å². The predicted octanol–water partition coefficient (Wildman–Crippen LogP) is 0.227. The minimum absolute atomic E-state index is 0.211. The summed E-state index contributed by atoms with van der Waals surface area (Å²) in [5.41, 5.74) is 0.266. The summed E-state index contributed by atoms with van der Waals surface area (Å²) >= 11 is 0. The molecule has 0 bridgehead atoms. The molecule has 0 aliphatic carbocycles. The molecule has 2 heterocycles. The minimum Gasteiger partial charge on any atom is -0.313 e. The van der Waals surface area contributed by atoms with E-state index in [2.05, 4.69) is 19.9 Å². The molecular formula is C8H6N4O. The Morgan fingerprint density at radius 2 is 1.92 bits per heavy atom. The van der Waals surface area contributed by atoms with Gasteiger partial charge in [-0.3, -0.25) is 4.79 Å². The molecule has 0 fully saturated rings. The van der Waals surface area contributed by atoms with Crippen molar-refractivity contribution in [3.63, 3.8) is 0 Å². The van der Waals surface area contributed by atoms with Gasteiger partial charge in [-0.1, -0.05) is 0 Å². The molecular weight excluding hydrogens is 168 g/mol. The number of hydrogen-bond donors (Lipinski definition) is 1. The number of nitrogens with zero attached hydrogens (tertiary/aromatic N) is 3. The van der Waals surface area contributed by atoms with E-state index in [4.69, 9.17) is 0 Å². The van der Waals surface area contributed by atoms with Crippen LogP contribution in [0.15, 0.2) is 35.6 Å². The first-order valence-electron chi connectivity index (χ1n) is 3.68. The standard InChI is InChI=1S/C8H6N4O/c13-7-4-6(11-5-12-7)8-9-2-1-3-10-8/h1-5H,(H,11,12,13). The molecule has 5 nitrogen and oxygen atoms in total. The Kier molecular flexibility index (Phi) is 1.84. The van der Waals surface area contributed by atoms with Crippen LogP contribution in [0.2, 0.25) is 0 Å². The lowest BCUT2D eigenvalue weighted by Gasteiger charge is -1.94. The second-order valence-corrected chi connectivity index (χ2v) is 2.37. The van der Waals surface area contributed by atoms with E-state index in [9.17, 15) is 4.79 Å². The maximum atomic E-state index is 10.9. The van der Waals surface area contributed by atoms with Crippen LogP contribution in [0.4, 0.5) is 0 Å². The number of nitrogens with one attached hydrogen (secondary N) is 1. The lowest BCUT2D eigenvalue weighted by Crippen LogP contribution is -2.05. The zero-order valence-electron chi connectivity index (χ0n) is 6.64. The molecule has 2 aromatic rings. The Morgan fingerprint density at radius 3 is 2.62 bits per heavy atom. The summed E-state index contributed by atoms with van der Waals surface area (Å²) in [5, 5.41) is 0. The van der Waals surface area contributed by atoms with Crippen LogP contribution in [0, 0.1) is 0 Å². The normalized spacial score (nSPS) is 9.85. The number of aromatic amines is 1. The third-order valence-electron chi connectivity index (χ3n) is 1.47. The van der Waals surface area contributed by atoms with E-state index in [0.717, 1.165) is 0 Å². The van der Waals surface area contributed by atoms with E-state index in [1.165, 1.54) is 12.4 Å². The van der Waals surface area contributed by atoms with Crippen molar-refractivity contribution in [2.75, 3.05) is 0 Å². The molecule has 5 heteroatoms. The van der Waals surface area contributed by atoms with Gasteiger partial charge in [0.15, 0.2) is 5.82 Å². The summed E-state index contributed by atoms with van der Waals surface area (Å²) in [6.07, 6.45) is 4.53. The molecule has 0 amide bonds. The van der Waals surface area contributed by atoms with Crippen molar-refractivity contribution in [2.24, 2.45) is 0 Å². The molecule has 0 aliphatic rings. The summed E-state index contributed by atoms with van der Waals surface area (Å²) in [5.74, 6) is 0.452. The van der Waals surface area contributed by atoms with Gasteiger partial charge in [0.1, 0.15) is 5.69 Å². The van der Waals surface area contributed by atoms with Gasteiger partial charge >= 0.3 is 0 Å². The minimum atomic E-state index is -0.211. The lowest BCUT2D eigenvalue weighted by atomic mass is 10.4. The average molecular weight is 174 g/mol. The number of aromatic nitrogens is 4. The highest BCUT2D eigenvalue weighted by molar-refractivity contribution is 5.46. The molecule has 2 rings (SSSR count). The molecule has 0 aromatic carbocycles. The molecule has 13 heavy (non-hydrogen) atoms. The molecule has 64 valence electrons. The van der Waals surface area contributed by atoms with Gasteiger partial charge in [-0.25, -0.2) is 15.0 Å². The molecule has 2 aromatic heterocycles. The average Bonchev–Trinajstić information content (AvgIpc) is 2.19. The Labute approximate surface area is 73.5 Å². The number of H-pyrrole nitrogens is 1. The molecule has 0 saturated carbocycles. The molecule has 0 spiro atoms. The Hall–Kier alpha value is -2.04. The third-order valence-corrected chi connectivity index (χ3v) is 1.47. The first kappa shape index (κ1) is 7.60. The van der Waals surface area contributed by atoms with Gasteiger partial charge in [0.25, 0.3) is 5.56 Å². The van der Waals surface area contributed by atoms with E-state index in [1.807, 2.05) is 0 Å². The zero-order valence-corrected chi connectivity index (χ0v) is 6.64. The van der Waals surface area contributed by atoms with Crippen molar-refractivity contribution in [1.82, 2.24) is 19.9 Å². The zero-order chi connectivity index (χ0) is 9.10. The van der Waals surface area contributed by atoms with Crippen LogP contribution in [0.3, 0.4) is 0 Å². The largest absolute Gasteiger partial charge is 0.313 e. The van der Waals surface area contributed by atoms with Crippen LogP contribution >= 0.6 is 0 Å². The van der Waals surface area contributed by atoms with Crippen molar-refractivity contribution in [2.45, 2.75) is 0 Å². The topological polar surface area (TPSA) is 71.5 Å². The van der Waals surface area contributed by atoms with Crippen molar-refractivity contribution in [1.29, 1.82) is 0 Å². The first-order valence-corrected chi connectivity index (χ1v) is 3.68. The highest BCUT2D eigenvalue weighted by atomic mass is 16.1. The van der Waals surface area contributed by atoms with Crippen LogP contribution in [0.5, 0.6) is 0 Å². The monoisotopic (exact) mass is 174 g/mol. The summed E-state index contributed by atoms with van der Waals surface area (Å²) in [7, 11) is 0. The summed E-state index contributed by atoms with van der Waals surface area (Å²) < 4.78 is 0. The van der Waals surface area contributed by atoms with Gasteiger partial charge in [-0.05, 0) is 6.07 Å². The van der Waals surface area contributed by atoms with Crippen molar-refractivity contribution < 1.29 is 0 Å². The summed E-state index contributed by atoms with van der Waals surface area (Å²) in [6, 6.07) is 3.06. The maximum Gasteiger partial charge on any atom is 0.251 e. The van der Waals surface area contributed by atoms with Gasteiger partial charge in [-0.15, -0.1) is 0 Å². The molecule has 0 aliphatic heterocycles. The SMILES string of the molecule is O=c1cc(-c2ncccn2)nc[nH]1. The van der Waals surface area contributed by atoms with E-state index >= 15 is 0 Å². The van der Waals surface area contributed by atoms with Gasteiger partial charge in [0.05, 0.1) is 6.33 Å². The van der Waals surface area contributed by atoms with E-state index in [-0.39, 0.29) is 5.56 Å². The van der Waals surface area contributed by atoms with Gasteiger partial charge < -0.3 is 4.98 Å². The lowest BCUT2D eigenvalue weighted by molar-refractivity contribution is 1.08. The van der Waals surface area contributed by atoms with Gasteiger partial charge in [0.2, 0.25) is 0 Å². The second kappa shape index (κ2) is 3.14. The van der Waals surface area contributed by atoms with E-state index in [1.54, 1.807) is 18.5 Å². The third kappa shape index (κ3) is 1.58. The fraction of sp³-hybridized carbons (Fsp3) is 0. The van der Waals surface area contributed by atoms with Crippen LogP contribution in [0.25, 0.3) is 11.5 Å². The fourth-order valence-electron chi connectivity index (χ4n) is 0.922. The summed E-state index contributed by atoms with van der Waals surface area (Å²) in [4.78, 5) is 25.2. The molecule has 0 radical (unpaired) electrons. The molecule has 0 unspecified atom stereocenters. The highest BCUT2D eigenvalue weighted by Crippen LogP contribution is 2.04. The van der Waals surface area contributed by atoms with Crippen molar-refractivity contribution in [3.8, 4) is 11.5 Å². The van der Waals surface area contributed by atoms with Crippen molar-refractivity contribution in [3.05, 3.63) is 41.2 Å². The number of rotatable bonds is 1. The van der Waals surface area contributed by atoms with Crippen molar-refractivity contribution >= 4 is 0 Å². The van der Waals surface area contributed by atoms with Gasteiger partial charge in [0, 0.05) is 18.5 Å². The van der Waals surface area contributed by atoms with Crippen LogP contribution in [-0.2, 0) is 0 Å². The van der Waals surface area contributed by atoms with E-state index < -0.39 is 0 Å². The van der Waals surface area contributed by atoms with Crippen LogP contribution in [-0.4, -0.2) is 19.9 Å². The van der Waals surface area contributed by atoms with Gasteiger partial charge in [-0.2, -0.15) is 0 Å². The Bertz CT molecular complexity index is 451.